The Hall–Kier alpha value is -4.92. The van der Waals surface area contributed by atoms with Crippen molar-refractivity contribution in [2.75, 3.05) is 13.1 Å². The standard InChI is InChI=1S/C29H20F5N5O2/c30-20-6-1-17(2-7-20)25-26(18-3-8-21(31)9-4-18)38-27(23(15-35)37-25)41-22-11-13-39(14-12-22)28(40)19-5-10-24(36-16-19)29(32,33)34/h1-10,16,22H,11-14H2. The van der Waals surface area contributed by atoms with E-state index in [1.165, 1.54) is 53.4 Å². The Morgan fingerprint density at radius 1 is 0.878 bits per heavy atom. The predicted molar refractivity (Wildman–Crippen MR) is 136 cm³/mol. The van der Waals surface area contributed by atoms with Crippen LogP contribution in [0.1, 0.15) is 34.6 Å². The van der Waals surface area contributed by atoms with E-state index in [1.807, 2.05) is 6.07 Å². The molecule has 1 fully saturated rings. The molecule has 0 N–H and O–H groups in total. The van der Waals surface area contributed by atoms with Crippen LogP contribution in [0.3, 0.4) is 0 Å². The Bertz CT molecular complexity index is 1590. The van der Waals surface area contributed by atoms with Gasteiger partial charge in [0.25, 0.3) is 11.8 Å². The molecule has 0 atom stereocenters. The molecule has 1 saturated heterocycles. The molecule has 0 aliphatic carbocycles. The van der Waals surface area contributed by atoms with E-state index in [-0.39, 0.29) is 35.9 Å². The molecule has 0 radical (unpaired) electrons. The van der Waals surface area contributed by atoms with Crippen molar-refractivity contribution in [3.8, 4) is 34.5 Å². The van der Waals surface area contributed by atoms with Gasteiger partial charge >= 0.3 is 6.18 Å². The molecule has 7 nitrogen and oxygen atoms in total. The lowest BCUT2D eigenvalue weighted by Crippen LogP contribution is -2.42. The van der Waals surface area contributed by atoms with Gasteiger partial charge in [-0.2, -0.15) is 18.4 Å². The number of hydrogen-bond acceptors (Lipinski definition) is 6. The van der Waals surface area contributed by atoms with Crippen LogP contribution >= 0.6 is 0 Å². The number of amides is 1. The maximum atomic E-state index is 13.6. The number of halogens is 5. The van der Waals surface area contributed by atoms with Gasteiger partial charge in [-0.3, -0.25) is 9.78 Å². The highest BCUT2D eigenvalue weighted by Gasteiger charge is 2.33. The lowest BCUT2D eigenvalue weighted by Gasteiger charge is -2.32. The van der Waals surface area contributed by atoms with Crippen LogP contribution in [0, 0.1) is 23.0 Å². The highest BCUT2D eigenvalue weighted by molar-refractivity contribution is 5.94. The predicted octanol–water partition coefficient (Wildman–Crippen LogP) is 6.06. The number of nitriles is 1. The first kappa shape index (κ1) is 27.6. The first-order valence-corrected chi connectivity index (χ1v) is 12.5. The van der Waals surface area contributed by atoms with Crippen molar-refractivity contribution in [3.05, 3.63) is 95.4 Å². The first-order valence-electron chi connectivity index (χ1n) is 12.5. The van der Waals surface area contributed by atoms with E-state index in [9.17, 15) is 32.0 Å². The zero-order valence-electron chi connectivity index (χ0n) is 21.2. The number of aromatic nitrogens is 3. The summed E-state index contributed by atoms with van der Waals surface area (Å²) >= 11 is 0. The maximum absolute atomic E-state index is 13.6. The van der Waals surface area contributed by atoms with Crippen molar-refractivity contribution in [1.82, 2.24) is 19.9 Å². The minimum absolute atomic E-state index is 0.0373. The van der Waals surface area contributed by atoms with Gasteiger partial charge in [-0.05, 0) is 60.7 Å². The summed E-state index contributed by atoms with van der Waals surface area (Å²) in [6.07, 6.45) is -3.42. The number of ether oxygens (including phenoxy) is 1. The van der Waals surface area contributed by atoms with Crippen LogP contribution in [0.4, 0.5) is 22.0 Å². The van der Waals surface area contributed by atoms with E-state index in [0.717, 1.165) is 18.3 Å². The van der Waals surface area contributed by atoms with E-state index in [0.29, 0.717) is 29.7 Å². The molecule has 2 aromatic heterocycles. The van der Waals surface area contributed by atoms with Crippen molar-refractivity contribution < 1.29 is 31.5 Å². The van der Waals surface area contributed by atoms with Gasteiger partial charge in [-0.15, -0.1) is 0 Å². The van der Waals surface area contributed by atoms with Gasteiger partial charge < -0.3 is 9.64 Å². The highest BCUT2D eigenvalue weighted by atomic mass is 19.4. The molecule has 5 rings (SSSR count). The van der Waals surface area contributed by atoms with Crippen LogP contribution in [-0.2, 0) is 6.18 Å². The number of benzene rings is 2. The molecule has 12 heteroatoms. The number of pyridine rings is 1. The van der Waals surface area contributed by atoms with E-state index < -0.39 is 35.5 Å². The van der Waals surface area contributed by atoms with Crippen molar-refractivity contribution in [2.24, 2.45) is 0 Å². The number of carbonyl (C=O) groups excluding carboxylic acids is 1. The van der Waals surface area contributed by atoms with Crippen LogP contribution in [0.5, 0.6) is 5.88 Å². The zero-order chi connectivity index (χ0) is 29.1. The van der Waals surface area contributed by atoms with Crippen molar-refractivity contribution in [1.29, 1.82) is 5.26 Å². The fourth-order valence-corrected chi connectivity index (χ4v) is 4.40. The summed E-state index contributed by atoms with van der Waals surface area (Å²) in [6.45, 7) is 0.497. The van der Waals surface area contributed by atoms with E-state index in [2.05, 4.69) is 15.0 Å². The average Bonchev–Trinajstić information content (AvgIpc) is 2.97. The largest absolute Gasteiger partial charge is 0.472 e. The van der Waals surface area contributed by atoms with E-state index in [1.54, 1.807) is 0 Å². The van der Waals surface area contributed by atoms with Gasteiger partial charge in [0.05, 0.1) is 11.3 Å². The summed E-state index contributed by atoms with van der Waals surface area (Å²) in [5.74, 6) is -1.41. The molecular weight excluding hydrogens is 545 g/mol. The second kappa shape index (κ2) is 11.3. The molecule has 208 valence electrons. The zero-order valence-corrected chi connectivity index (χ0v) is 21.2. The lowest BCUT2D eigenvalue weighted by atomic mass is 10.0. The second-order valence-electron chi connectivity index (χ2n) is 9.24. The number of hydrogen-bond donors (Lipinski definition) is 0. The normalized spacial score (nSPS) is 14.0. The van der Waals surface area contributed by atoms with Crippen molar-refractivity contribution in [2.45, 2.75) is 25.1 Å². The number of piperidine rings is 1. The minimum atomic E-state index is -4.60. The molecule has 4 aromatic rings. The van der Waals surface area contributed by atoms with Gasteiger partial charge in [0.1, 0.15) is 35.2 Å². The number of nitrogens with zero attached hydrogens (tertiary/aromatic N) is 5. The number of carbonyl (C=O) groups is 1. The molecule has 0 bridgehead atoms. The summed E-state index contributed by atoms with van der Waals surface area (Å²) in [5, 5.41) is 9.80. The van der Waals surface area contributed by atoms with Gasteiger partial charge in [0.15, 0.2) is 0 Å². The Morgan fingerprint density at radius 2 is 1.44 bits per heavy atom. The molecule has 0 unspecified atom stereocenters. The van der Waals surface area contributed by atoms with Crippen molar-refractivity contribution >= 4 is 5.91 Å². The molecule has 41 heavy (non-hydrogen) atoms. The third-order valence-corrected chi connectivity index (χ3v) is 6.51. The fourth-order valence-electron chi connectivity index (χ4n) is 4.40. The summed E-state index contributed by atoms with van der Waals surface area (Å²) < 4.78 is 71.6. The summed E-state index contributed by atoms with van der Waals surface area (Å²) in [5.41, 5.74) is 0.420. The molecule has 0 saturated carbocycles. The fraction of sp³-hybridized carbons (Fsp3) is 0.207. The third-order valence-electron chi connectivity index (χ3n) is 6.51. The molecule has 3 heterocycles. The van der Waals surface area contributed by atoms with Crippen LogP contribution in [0.2, 0.25) is 0 Å². The van der Waals surface area contributed by atoms with Gasteiger partial charge in [0, 0.05) is 43.3 Å². The molecule has 2 aromatic carbocycles. The Balaban J connectivity index is 1.36. The molecule has 0 spiro atoms. The number of likely N-dealkylation sites (tertiary alicyclic amines) is 1. The highest BCUT2D eigenvalue weighted by Crippen LogP contribution is 2.33. The maximum Gasteiger partial charge on any atom is 0.433 e. The van der Waals surface area contributed by atoms with E-state index >= 15 is 0 Å². The molecule has 1 aliphatic heterocycles. The average molecular weight is 566 g/mol. The van der Waals surface area contributed by atoms with Crippen molar-refractivity contribution in [3.63, 3.8) is 0 Å². The second-order valence-corrected chi connectivity index (χ2v) is 9.24. The Morgan fingerprint density at radius 3 is 1.93 bits per heavy atom. The summed E-state index contributed by atoms with van der Waals surface area (Å²) in [7, 11) is 0. The molecule has 1 aliphatic rings. The first-order chi connectivity index (χ1) is 19.6. The minimum Gasteiger partial charge on any atom is -0.472 e. The quantitative estimate of drug-likeness (QED) is 0.273. The number of rotatable bonds is 5. The smallest absolute Gasteiger partial charge is 0.433 e. The van der Waals surface area contributed by atoms with Crippen LogP contribution in [0.15, 0.2) is 66.9 Å². The summed E-state index contributed by atoms with van der Waals surface area (Å²) in [4.78, 5) is 26.6. The van der Waals surface area contributed by atoms with Crippen LogP contribution < -0.4 is 4.74 Å². The molecular formula is C29H20F5N5O2. The van der Waals surface area contributed by atoms with Gasteiger partial charge in [-0.1, -0.05) is 0 Å². The third kappa shape index (κ3) is 6.14. The lowest BCUT2D eigenvalue weighted by molar-refractivity contribution is -0.141. The van der Waals surface area contributed by atoms with Gasteiger partial charge in [0.2, 0.25) is 5.69 Å². The van der Waals surface area contributed by atoms with E-state index in [4.69, 9.17) is 4.74 Å². The topological polar surface area (TPSA) is 92.0 Å². The number of alkyl halides is 3. The summed E-state index contributed by atoms with van der Waals surface area (Å²) in [6, 6.07) is 14.8. The van der Waals surface area contributed by atoms with Crippen LogP contribution in [0.25, 0.3) is 22.5 Å². The van der Waals surface area contributed by atoms with Crippen LogP contribution in [-0.4, -0.2) is 45.0 Å². The Labute approximate surface area is 230 Å². The monoisotopic (exact) mass is 565 g/mol. The molecule has 1 amide bonds. The SMILES string of the molecule is N#Cc1nc(-c2ccc(F)cc2)c(-c2ccc(F)cc2)nc1OC1CCN(C(=O)c2ccc(C(F)(F)F)nc2)CC1. The Kier molecular flexibility index (Phi) is 7.61. The van der Waals surface area contributed by atoms with Gasteiger partial charge in [-0.25, -0.2) is 18.7 Å².